The molecule has 0 aliphatic rings. The molecular weight excluding hydrogens is 364 g/mol. The molecule has 0 N–H and O–H groups in total. The van der Waals surface area contributed by atoms with Crippen LogP contribution in [0.5, 0.6) is 0 Å². The first-order valence-electron chi connectivity index (χ1n) is 6.90. The first-order valence-corrected chi connectivity index (χ1v) is 8.25. The van der Waals surface area contributed by atoms with Gasteiger partial charge in [0.15, 0.2) is 0 Å². The van der Waals surface area contributed by atoms with Crippen LogP contribution >= 0.6 is 27.5 Å². The maximum absolute atomic E-state index is 11.8. The molecule has 114 valence electrons. The molecular formula is C18H16BrClO2. The SMILES string of the molecule is O=C(OCC(Br)C(Cl)/C=C/c1ccccc1)c1ccccc1. The van der Waals surface area contributed by atoms with Crippen molar-refractivity contribution < 1.29 is 9.53 Å². The Morgan fingerprint density at radius 2 is 1.68 bits per heavy atom. The highest BCUT2D eigenvalue weighted by atomic mass is 79.9. The van der Waals surface area contributed by atoms with Crippen LogP contribution < -0.4 is 0 Å². The summed E-state index contributed by atoms with van der Waals surface area (Å²) >= 11 is 9.74. The van der Waals surface area contributed by atoms with Crippen LogP contribution in [0.2, 0.25) is 0 Å². The van der Waals surface area contributed by atoms with Crippen LogP contribution in [-0.4, -0.2) is 22.8 Å². The number of allylic oxidation sites excluding steroid dienone is 1. The molecule has 22 heavy (non-hydrogen) atoms. The predicted molar refractivity (Wildman–Crippen MR) is 94.6 cm³/mol. The van der Waals surface area contributed by atoms with E-state index in [-0.39, 0.29) is 22.8 Å². The van der Waals surface area contributed by atoms with Gasteiger partial charge in [0, 0.05) is 0 Å². The second kappa shape index (κ2) is 8.76. The number of hydrogen-bond donors (Lipinski definition) is 0. The molecule has 0 spiro atoms. The van der Waals surface area contributed by atoms with Crippen LogP contribution in [0.3, 0.4) is 0 Å². The van der Waals surface area contributed by atoms with Crippen LogP contribution in [0, 0.1) is 0 Å². The van der Waals surface area contributed by atoms with E-state index in [1.54, 1.807) is 24.3 Å². The fourth-order valence-electron chi connectivity index (χ4n) is 1.79. The van der Waals surface area contributed by atoms with Gasteiger partial charge in [-0.15, -0.1) is 11.6 Å². The fraction of sp³-hybridized carbons (Fsp3) is 0.167. The topological polar surface area (TPSA) is 26.3 Å². The number of rotatable bonds is 6. The third-order valence-electron chi connectivity index (χ3n) is 3.00. The summed E-state index contributed by atoms with van der Waals surface area (Å²) in [5, 5.41) is -0.274. The van der Waals surface area contributed by atoms with Crippen molar-refractivity contribution in [1.29, 1.82) is 0 Å². The zero-order chi connectivity index (χ0) is 15.8. The van der Waals surface area contributed by atoms with E-state index in [1.165, 1.54) is 0 Å². The van der Waals surface area contributed by atoms with Gasteiger partial charge in [-0.3, -0.25) is 0 Å². The van der Waals surface area contributed by atoms with Gasteiger partial charge >= 0.3 is 5.97 Å². The quantitative estimate of drug-likeness (QED) is 0.525. The third-order valence-corrected chi connectivity index (χ3v) is 4.59. The maximum atomic E-state index is 11.8. The maximum Gasteiger partial charge on any atom is 0.338 e. The first kappa shape index (κ1) is 16.8. The molecule has 2 unspecified atom stereocenters. The molecule has 4 heteroatoms. The Morgan fingerprint density at radius 1 is 1.09 bits per heavy atom. The molecule has 0 radical (unpaired) electrons. The van der Waals surface area contributed by atoms with Crippen LogP contribution in [0.25, 0.3) is 6.08 Å². The third kappa shape index (κ3) is 5.32. The molecule has 0 aromatic heterocycles. The molecule has 2 atom stereocenters. The van der Waals surface area contributed by atoms with Gasteiger partial charge in [-0.1, -0.05) is 76.6 Å². The Labute approximate surface area is 143 Å². The molecule has 2 aromatic rings. The standard InChI is InChI=1S/C18H16BrClO2/c19-16(13-22-18(21)15-9-5-2-6-10-15)17(20)12-11-14-7-3-1-4-8-14/h1-12,16-17H,13H2/b12-11+. The minimum atomic E-state index is -0.346. The van der Waals surface area contributed by atoms with Crippen LogP contribution in [0.4, 0.5) is 0 Å². The number of esters is 1. The summed E-state index contributed by atoms with van der Waals surface area (Å²) in [7, 11) is 0. The van der Waals surface area contributed by atoms with Crippen molar-refractivity contribution in [3.63, 3.8) is 0 Å². The number of carbonyl (C=O) groups excluding carboxylic acids is 1. The minimum Gasteiger partial charge on any atom is -0.461 e. The molecule has 2 aromatic carbocycles. The lowest BCUT2D eigenvalue weighted by atomic mass is 10.2. The summed E-state index contributed by atoms with van der Waals surface area (Å²) in [6.45, 7) is 0.209. The van der Waals surface area contributed by atoms with Gasteiger partial charge in [0.1, 0.15) is 6.61 Å². The molecule has 0 fully saturated rings. The van der Waals surface area contributed by atoms with E-state index in [0.717, 1.165) is 5.56 Å². The number of benzene rings is 2. The average molecular weight is 380 g/mol. The smallest absolute Gasteiger partial charge is 0.338 e. The van der Waals surface area contributed by atoms with Crippen molar-refractivity contribution in [3.05, 3.63) is 77.9 Å². The second-order valence-electron chi connectivity index (χ2n) is 4.69. The number of halogens is 2. The fourth-order valence-corrected chi connectivity index (χ4v) is 2.25. The Balaban J connectivity index is 1.83. The molecule has 0 aliphatic carbocycles. The molecule has 0 aliphatic heterocycles. The van der Waals surface area contributed by atoms with E-state index >= 15 is 0 Å². The molecule has 0 saturated carbocycles. The summed E-state index contributed by atoms with van der Waals surface area (Å²) in [5.41, 5.74) is 1.61. The van der Waals surface area contributed by atoms with Crippen molar-refractivity contribution in [3.8, 4) is 0 Å². The first-order chi connectivity index (χ1) is 10.7. The summed E-state index contributed by atoms with van der Waals surface area (Å²) in [4.78, 5) is 11.7. The van der Waals surface area contributed by atoms with Crippen molar-refractivity contribution in [1.82, 2.24) is 0 Å². The van der Waals surface area contributed by atoms with Gasteiger partial charge in [0.25, 0.3) is 0 Å². The zero-order valence-electron chi connectivity index (χ0n) is 11.9. The van der Waals surface area contributed by atoms with E-state index in [4.69, 9.17) is 16.3 Å². The highest BCUT2D eigenvalue weighted by Gasteiger charge is 2.16. The van der Waals surface area contributed by atoms with Gasteiger partial charge < -0.3 is 4.74 Å². The predicted octanol–water partition coefficient (Wildman–Crippen LogP) is 4.93. The molecule has 2 rings (SSSR count). The van der Waals surface area contributed by atoms with Crippen molar-refractivity contribution in [2.75, 3.05) is 6.61 Å². The largest absolute Gasteiger partial charge is 0.461 e. The van der Waals surface area contributed by atoms with Gasteiger partial charge in [-0.25, -0.2) is 4.79 Å². The van der Waals surface area contributed by atoms with Crippen LogP contribution in [-0.2, 0) is 4.74 Å². The van der Waals surface area contributed by atoms with E-state index in [1.807, 2.05) is 48.6 Å². The summed E-state index contributed by atoms with van der Waals surface area (Å²) in [5.74, 6) is -0.346. The van der Waals surface area contributed by atoms with E-state index in [0.29, 0.717) is 5.56 Å². The monoisotopic (exact) mass is 378 g/mol. The Morgan fingerprint density at radius 3 is 2.32 bits per heavy atom. The lowest BCUT2D eigenvalue weighted by Crippen LogP contribution is -2.21. The Bertz CT molecular complexity index is 613. The number of hydrogen-bond acceptors (Lipinski definition) is 2. The van der Waals surface area contributed by atoms with E-state index in [2.05, 4.69) is 15.9 Å². The van der Waals surface area contributed by atoms with Crippen molar-refractivity contribution >= 4 is 39.6 Å². The zero-order valence-corrected chi connectivity index (χ0v) is 14.2. The van der Waals surface area contributed by atoms with Gasteiger partial charge in [-0.2, -0.15) is 0 Å². The molecule has 0 bridgehead atoms. The van der Waals surface area contributed by atoms with Gasteiger partial charge in [-0.05, 0) is 17.7 Å². The molecule has 0 amide bonds. The summed E-state index contributed by atoms with van der Waals surface area (Å²) in [6.07, 6.45) is 3.83. The molecule has 0 saturated heterocycles. The molecule has 2 nitrogen and oxygen atoms in total. The number of ether oxygens (including phenoxy) is 1. The van der Waals surface area contributed by atoms with Crippen LogP contribution in [0.1, 0.15) is 15.9 Å². The minimum absolute atomic E-state index is 0.151. The number of carbonyl (C=O) groups is 1. The van der Waals surface area contributed by atoms with Crippen molar-refractivity contribution in [2.45, 2.75) is 10.2 Å². The van der Waals surface area contributed by atoms with Crippen molar-refractivity contribution in [2.24, 2.45) is 0 Å². The van der Waals surface area contributed by atoms with Gasteiger partial charge in [0.05, 0.1) is 15.8 Å². The lowest BCUT2D eigenvalue weighted by molar-refractivity contribution is 0.0509. The van der Waals surface area contributed by atoms with E-state index in [9.17, 15) is 4.79 Å². The Hall–Kier alpha value is -1.58. The number of alkyl halides is 2. The average Bonchev–Trinajstić information content (AvgIpc) is 2.58. The highest BCUT2D eigenvalue weighted by molar-refractivity contribution is 9.09. The summed E-state index contributed by atoms with van der Waals surface area (Å²) in [6, 6.07) is 18.8. The normalized spacial score (nSPS) is 13.7. The highest BCUT2D eigenvalue weighted by Crippen LogP contribution is 2.16. The molecule has 0 heterocycles. The Kier molecular flexibility index (Phi) is 6.69. The lowest BCUT2D eigenvalue weighted by Gasteiger charge is -2.13. The van der Waals surface area contributed by atoms with Gasteiger partial charge in [0.2, 0.25) is 0 Å². The van der Waals surface area contributed by atoms with E-state index < -0.39 is 0 Å². The summed E-state index contributed by atoms with van der Waals surface area (Å²) < 4.78 is 5.26. The second-order valence-corrected chi connectivity index (χ2v) is 6.37. The van der Waals surface area contributed by atoms with Crippen LogP contribution in [0.15, 0.2) is 66.7 Å².